The van der Waals surface area contributed by atoms with Gasteiger partial charge < -0.3 is 15.5 Å². The van der Waals surface area contributed by atoms with Crippen LogP contribution in [0.2, 0.25) is 0 Å². The number of nitrogens with zero attached hydrogens (tertiary/aromatic N) is 2. The van der Waals surface area contributed by atoms with Crippen LogP contribution in [0.5, 0.6) is 0 Å². The fourth-order valence-electron chi connectivity index (χ4n) is 3.28. The molecule has 3 heterocycles. The van der Waals surface area contributed by atoms with Crippen LogP contribution in [0.4, 0.5) is 0 Å². The van der Waals surface area contributed by atoms with E-state index in [-0.39, 0.29) is 24.1 Å². The molecule has 136 valence electrons. The van der Waals surface area contributed by atoms with Crippen LogP contribution in [0.25, 0.3) is 10.2 Å². The molecule has 1 aliphatic carbocycles. The summed E-state index contributed by atoms with van der Waals surface area (Å²) in [6, 6.07) is 0. The van der Waals surface area contributed by atoms with Crippen molar-refractivity contribution in [3.8, 4) is 0 Å². The molecule has 0 bridgehead atoms. The van der Waals surface area contributed by atoms with Crippen molar-refractivity contribution in [3.05, 3.63) is 26.6 Å². The van der Waals surface area contributed by atoms with Gasteiger partial charge in [-0.05, 0) is 37.7 Å². The summed E-state index contributed by atoms with van der Waals surface area (Å²) in [5.41, 5.74) is 7.14. The average Bonchev–Trinajstić information content (AvgIpc) is 3.27. The van der Waals surface area contributed by atoms with E-state index in [1.54, 1.807) is 11.3 Å². The highest BCUT2D eigenvalue weighted by molar-refractivity contribution is 8.13. The minimum atomic E-state index is -0.0233. The summed E-state index contributed by atoms with van der Waals surface area (Å²) in [4.78, 5) is 26.4. The van der Waals surface area contributed by atoms with E-state index in [1.807, 2.05) is 0 Å². The van der Waals surface area contributed by atoms with Crippen LogP contribution in [0.1, 0.15) is 35.5 Å². The maximum absolute atomic E-state index is 12.4. The lowest BCUT2D eigenvalue weighted by atomic mass is 10.2. The molecule has 0 amide bonds. The lowest BCUT2D eigenvalue weighted by Gasteiger charge is -2.06. The van der Waals surface area contributed by atoms with Gasteiger partial charge in [-0.2, -0.15) is 0 Å². The number of nitrogens with one attached hydrogen (secondary N) is 1. The highest BCUT2D eigenvalue weighted by Crippen LogP contribution is 2.34. The predicted octanol–water partition coefficient (Wildman–Crippen LogP) is 2.62. The van der Waals surface area contributed by atoms with Crippen LogP contribution in [0.3, 0.4) is 0 Å². The number of ether oxygens (including phenoxy) is 1. The van der Waals surface area contributed by atoms with Gasteiger partial charge in [-0.1, -0.05) is 11.8 Å². The lowest BCUT2D eigenvalue weighted by molar-refractivity contribution is 0.118. The predicted molar refractivity (Wildman–Crippen MR) is 106 cm³/mol. The van der Waals surface area contributed by atoms with Crippen molar-refractivity contribution in [1.82, 2.24) is 9.97 Å². The molecule has 0 saturated carbocycles. The molecular formula is C16H21ClN4O2S2. The molecule has 25 heavy (non-hydrogen) atoms. The maximum atomic E-state index is 12.4. The molecular weight excluding hydrogens is 380 g/mol. The molecule has 1 aliphatic heterocycles. The van der Waals surface area contributed by atoms with Crippen LogP contribution >= 0.6 is 35.5 Å². The van der Waals surface area contributed by atoms with Gasteiger partial charge >= 0.3 is 0 Å². The highest BCUT2D eigenvalue weighted by Gasteiger charge is 2.21. The number of fused-ring (bicyclic) bond motifs is 3. The number of thiophene rings is 1. The zero-order valence-electron chi connectivity index (χ0n) is 13.7. The molecule has 2 aliphatic rings. The standard InChI is InChI=1S/C16H20N4O2S2.ClH/c17-16(18-7-9-3-2-6-22-9)23-8-12-19-14(21)13-10-4-1-5-11(10)24-15(13)20-12;/h9H,1-8H2,(H2,17,18)(H,19,20,21);1H. The van der Waals surface area contributed by atoms with Crippen LogP contribution in [-0.2, 0) is 23.3 Å². The van der Waals surface area contributed by atoms with E-state index in [0.29, 0.717) is 23.3 Å². The zero-order chi connectivity index (χ0) is 16.5. The fourth-order valence-corrected chi connectivity index (χ4v) is 5.15. The van der Waals surface area contributed by atoms with Crippen molar-refractivity contribution in [1.29, 1.82) is 0 Å². The first-order valence-corrected chi connectivity index (χ1v) is 10.1. The second-order valence-corrected chi connectivity index (χ2v) is 8.23. The molecule has 1 atom stereocenters. The van der Waals surface area contributed by atoms with Crippen LogP contribution in [0.15, 0.2) is 9.79 Å². The van der Waals surface area contributed by atoms with E-state index in [2.05, 4.69) is 15.0 Å². The number of aryl methyl sites for hydroxylation is 2. The Hall–Kier alpha value is -1.09. The number of aromatic amines is 1. The van der Waals surface area contributed by atoms with Crippen molar-refractivity contribution >= 4 is 50.9 Å². The molecule has 2 aromatic rings. The molecule has 1 saturated heterocycles. The van der Waals surface area contributed by atoms with Gasteiger partial charge in [0, 0.05) is 11.5 Å². The largest absolute Gasteiger partial charge is 0.379 e. The molecule has 3 N–H and O–H groups in total. The Morgan fingerprint density at radius 2 is 2.32 bits per heavy atom. The Balaban J connectivity index is 0.00000182. The fraction of sp³-hybridized carbons (Fsp3) is 0.562. The van der Waals surface area contributed by atoms with Gasteiger partial charge in [0.1, 0.15) is 10.7 Å². The molecule has 4 rings (SSSR count). The summed E-state index contributed by atoms with van der Waals surface area (Å²) in [5, 5.41) is 1.31. The van der Waals surface area contributed by atoms with Crippen LogP contribution in [0, 0.1) is 0 Å². The first-order valence-electron chi connectivity index (χ1n) is 8.28. The molecule has 6 nitrogen and oxygen atoms in total. The molecule has 1 fully saturated rings. The monoisotopic (exact) mass is 400 g/mol. The first-order chi connectivity index (χ1) is 11.7. The van der Waals surface area contributed by atoms with Gasteiger partial charge in [0.25, 0.3) is 5.56 Å². The number of hydrogen-bond acceptors (Lipinski definition) is 6. The summed E-state index contributed by atoms with van der Waals surface area (Å²) in [6.07, 6.45) is 5.57. The molecule has 1 unspecified atom stereocenters. The molecule has 9 heteroatoms. The Labute approximate surface area is 160 Å². The first kappa shape index (κ1) is 18.7. The quantitative estimate of drug-likeness (QED) is 0.607. The number of thioether (sulfide) groups is 1. The summed E-state index contributed by atoms with van der Waals surface area (Å²) in [7, 11) is 0. The third kappa shape index (κ3) is 4.02. The van der Waals surface area contributed by atoms with Gasteiger partial charge in [-0.15, -0.1) is 23.7 Å². The second kappa shape index (κ2) is 8.07. The van der Waals surface area contributed by atoms with Crippen LogP contribution < -0.4 is 11.3 Å². The average molecular weight is 401 g/mol. The van der Waals surface area contributed by atoms with E-state index in [9.17, 15) is 4.79 Å². The molecule has 2 aromatic heterocycles. The second-order valence-electron chi connectivity index (χ2n) is 6.15. The Bertz CT molecular complexity index is 843. The van der Waals surface area contributed by atoms with Gasteiger partial charge in [0.15, 0.2) is 5.17 Å². The van der Waals surface area contributed by atoms with E-state index >= 15 is 0 Å². The zero-order valence-corrected chi connectivity index (χ0v) is 16.2. The Kier molecular flexibility index (Phi) is 6.04. The third-order valence-electron chi connectivity index (χ3n) is 4.46. The molecule has 0 radical (unpaired) electrons. The van der Waals surface area contributed by atoms with E-state index in [4.69, 9.17) is 10.5 Å². The minimum absolute atomic E-state index is 0. The minimum Gasteiger partial charge on any atom is -0.379 e. The number of hydrogen-bond donors (Lipinski definition) is 2. The lowest BCUT2D eigenvalue weighted by Crippen LogP contribution is -2.16. The number of H-pyrrole nitrogens is 1. The van der Waals surface area contributed by atoms with Crippen molar-refractivity contribution < 1.29 is 4.74 Å². The summed E-state index contributed by atoms with van der Waals surface area (Å²) >= 11 is 3.06. The van der Waals surface area contributed by atoms with Crippen LogP contribution in [-0.4, -0.2) is 34.4 Å². The van der Waals surface area contributed by atoms with E-state index < -0.39 is 0 Å². The number of amidine groups is 1. The number of nitrogens with two attached hydrogens (primary N) is 1. The number of rotatable bonds is 4. The molecule has 0 aromatic carbocycles. The SMILES string of the molecule is Cl.NC(=NCC1CCCO1)SCc1nc2sc3c(c2c(=O)[nH]1)CCC3. The van der Waals surface area contributed by atoms with E-state index in [0.717, 1.165) is 48.9 Å². The van der Waals surface area contributed by atoms with Crippen molar-refractivity contribution in [2.24, 2.45) is 10.7 Å². The van der Waals surface area contributed by atoms with E-state index in [1.165, 1.54) is 22.2 Å². The topological polar surface area (TPSA) is 93.4 Å². The van der Waals surface area contributed by atoms with Gasteiger partial charge in [0.05, 0.1) is 23.8 Å². The Morgan fingerprint density at radius 1 is 1.44 bits per heavy atom. The summed E-state index contributed by atoms with van der Waals surface area (Å²) < 4.78 is 5.53. The highest BCUT2D eigenvalue weighted by atomic mass is 35.5. The van der Waals surface area contributed by atoms with Gasteiger partial charge in [-0.25, -0.2) is 4.98 Å². The van der Waals surface area contributed by atoms with Crippen molar-refractivity contribution in [2.75, 3.05) is 13.2 Å². The molecule has 0 spiro atoms. The smallest absolute Gasteiger partial charge is 0.259 e. The normalized spacial score (nSPS) is 20.0. The number of aliphatic imine (C=N–C) groups is 1. The van der Waals surface area contributed by atoms with Gasteiger partial charge in [-0.3, -0.25) is 9.79 Å². The Morgan fingerprint density at radius 3 is 3.12 bits per heavy atom. The summed E-state index contributed by atoms with van der Waals surface area (Å²) in [5.74, 6) is 1.18. The van der Waals surface area contributed by atoms with Gasteiger partial charge in [0.2, 0.25) is 0 Å². The van der Waals surface area contributed by atoms with Crippen molar-refractivity contribution in [2.45, 2.75) is 44.0 Å². The van der Waals surface area contributed by atoms with Crippen molar-refractivity contribution in [3.63, 3.8) is 0 Å². The number of aromatic nitrogens is 2. The third-order valence-corrected chi connectivity index (χ3v) is 6.48. The summed E-state index contributed by atoms with van der Waals surface area (Å²) in [6.45, 7) is 1.43. The number of halogens is 1. The maximum Gasteiger partial charge on any atom is 0.259 e.